The minimum Gasteiger partial charge on any atom is -0.369 e. The predicted molar refractivity (Wildman–Crippen MR) is 102 cm³/mol. The number of carbonyl (C=O) groups excluding carboxylic acids is 2. The van der Waals surface area contributed by atoms with Gasteiger partial charge in [0.25, 0.3) is 5.91 Å². The minimum atomic E-state index is -0.733. The smallest absolute Gasteiger partial charge is 0.253 e. The summed E-state index contributed by atoms with van der Waals surface area (Å²) in [5, 5.41) is 7.16. The topological polar surface area (TPSA) is 78.7 Å². The lowest BCUT2D eigenvalue weighted by Gasteiger charge is -2.40. The second kappa shape index (κ2) is 8.45. The van der Waals surface area contributed by atoms with Crippen LogP contribution in [0.3, 0.4) is 0 Å². The van der Waals surface area contributed by atoms with Gasteiger partial charge in [0, 0.05) is 12.6 Å². The van der Waals surface area contributed by atoms with E-state index < -0.39 is 5.54 Å². The second-order valence-electron chi connectivity index (χ2n) is 7.80. The van der Waals surface area contributed by atoms with Crippen LogP contribution < -0.4 is 11.1 Å². The van der Waals surface area contributed by atoms with Gasteiger partial charge in [-0.25, -0.2) is 5.01 Å². The maximum Gasteiger partial charge on any atom is 0.253 e. The zero-order valence-corrected chi connectivity index (χ0v) is 16.5. The van der Waals surface area contributed by atoms with E-state index >= 15 is 0 Å². The van der Waals surface area contributed by atoms with Gasteiger partial charge in [-0.3, -0.25) is 19.9 Å². The Morgan fingerprint density at radius 3 is 2.48 bits per heavy atom. The molecule has 0 saturated carbocycles. The Morgan fingerprint density at radius 1 is 1.28 bits per heavy atom. The molecule has 0 radical (unpaired) electrons. The highest BCUT2D eigenvalue weighted by Gasteiger charge is 2.50. The van der Waals surface area contributed by atoms with Crippen molar-refractivity contribution in [2.45, 2.75) is 83.7 Å². The first kappa shape index (κ1) is 20.1. The monoisotopic (exact) mass is 368 g/mol. The van der Waals surface area contributed by atoms with Crippen molar-refractivity contribution in [2.24, 2.45) is 11.7 Å². The van der Waals surface area contributed by atoms with Crippen molar-refractivity contribution in [1.82, 2.24) is 15.3 Å². The summed E-state index contributed by atoms with van der Waals surface area (Å²) in [6.45, 7) is 6.48. The van der Waals surface area contributed by atoms with Gasteiger partial charge in [-0.2, -0.15) is 0 Å². The molecule has 2 amide bonds. The molecule has 2 heterocycles. The van der Waals surface area contributed by atoms with E-state index in [1.165, 1.54) is 32.1 Å². The summed E-state index contributed by atoms with van der Waals surface area (Å²) in [6.07, 6.45) is 9.16. The maximum atomic E-state index is 12.2. The lowest BCUT2D eigenvalue weighted by molar-refractivity contribution is -0.131. The summed E-state index contributed by atoms with van der Waals surface area (Å²) in [4.78, 5) is 23.9. The average Bonchev–Trinajstić information content (AvgIpc) is 3.02. The van der Waals surface area contributed by atoms with Crippen molar-refractivity contribution in [3.05, 3.63) is 0 Å². The molecule has 2 saturated heterocycles. The van der Waals surface area contributed by atoms with Gasteiger partial charge < -0.3 is 5.73 Å². The van der Waals surface area contributed by atoms with Crippen molar-refractivity contribution < 1.29 is 9.59 Å². The molecule has 0 spiro atoms. The molecular formula is C18H32N4O2S. The van der Waals surface area contributed by atoms with E-state index in [-0.39, 0.29) is 23.8 Å². The maximum absolute atomic E-state index is 12.2. The summed E-state index contributed by atoms with van der Waals surface area (Å²) < 4.78 is 0. The molecule has 2 aliphatic rings. The molecule has 0 aromatic heterocycles. The molecule has 0 aromatic carbocycles. The number of hydrogen-bond acceptors (Lipinski definition) is 4. The van der Waals surface area contributed by atoms with E-state index in [1.54, 1.807) is 0 Å². The molecule has 2 atom stereocenters. The number of nitrogens with zero attached hydrogens (tertiary/aromatic N) is 2. The highest BCUT2D eigenvalue weighted by molar-refractivity contribution is 7.80. The number of hydrogen-bond donors (Lipinski definition) is 2. The molecule has 2 rings (SSSR count). The number of nitrogens with two attached hydrogens (primary N) is 1. The van der Waals surface area contributed by atoms with Crippen molar-refractivity contribution in [3.8, 4) is 0 Å². The molecule has 3 N–H and O–H groups in total. The number of unbranched alkanes of at least 4 members (excludes halogenated alkanes) is 5. The summed E-state index contributed by atoms with van der Waals surface area (Å²) in [7, 11) is 0. The quantitative estimate of drug-likeness (QED) is 0.482. The first-order chi connectivity index (χ1) is 11.8. The summed E-state index contributed by atoms with van der Waals surface area (Å²) >= 11 is 5.38. The van der Waals surface area contributed by atoms with Crippen molar-refractivity contribution in [1.29, 1.82) is 0 Å². The van der Waals surface area contributed by atoms with Crippen LogP contribution >= 0.6 is 12.2 Å². The summed E-state index contributed by atoms with van der Waals surface area (Å²) in [5.74, 6) is -0.546. The highest BCUT2D eigenvalue weighted by atomic mass is 32.1. The molecule has 25 heavy (non-hydrogen) atoms. The number of primary amides is 1. The van der Waals surface area contributed by atoms with Gasteiger partial charge in [-0.05, 0) is 38.9 Å². The second-order valence-corrected chi connectivity index (χ2v) is 8.18. The molecule has 0 aliphatic carbocycles. The lowest BCUT2D eigenvalue weighted by atomic mass is 10.00. The van der Waals surface area contributed by atoms with Crippen LogP contribution in [0.15, 0.2) is 0 Å². The lowest BCUT2D eigenvalue weighted by Crippen LogP contribution is -2.56. The number of carbonyl (C=O) groups is 2. The van der Waals surface area contributed by atoms with Gasteiger partial charge in [0.05, 0.1) is 5.92 Å². The van der Waals surface area contributed by atoms with Gasteiger partial charge in [-0.1, -0.05) is 45.4 Å². The largest absolute Gasteiger partial charge is 0.369 e. The third-order valence-corrected chi connectivity index (χ3v) is 5.71. The van der Waals surface area contributed by atoms with E-state index in [4.69, 9.17) is 18.0 Å². The Balaban J connectivity index is 2.01. The number of hydrazine groups is 1. The van der Waals surface area contributed by atoms with Crippen LogP contribution in [0.1, 0.15) is 72.1 Å². The summed E-state index contributed by atoms with van der Waals surface area (Å²) in [6, 6.07) is 0.202. The number of rotatable bonds is 9. The standard InChI is InChI=1S/C18H32N4O2S/c1-4-5-6-7-8-9-10-14-11-13(15(19)23)12-21(14)22-17(25)20-16(24)18(22,2)3/h13-14H,4-12H2,1-3H3,(H2,19,23)(H,20,24,25). The third kappa shape index (κ3) is 4.50. The van der Waals surface area contributed by atoms with Gasteiger partial charge in [-0.15, -0.1) is 0 Å². The van der Waals surface area contributed by atoms with Crippen LogP contribution in [0.25, 0.3) is 0 Å². The Kier molecular flexibility index (Phi) is 6.79. The van der Waals surface area contributed by atoms with Gasteiger partial charge in [0.15, 0.2) is 5.11 Å². The first-order valence-corrected chi connectivity index (χ1v) is 9.91. The SMILES string of the molecule is CCCCCCCCC1CC(C(N)=O)CN1N1C(=S)NC(=O)C1(C)C. The normalized spacial score (nSPS) is 26.3. The van der Waals surface area contributed by atoms with E-state index in [2.05, 4.69) is 17.2 Å². The molecule has 6 nitrogen and oxygen atoms in total. The molecule has 2 aliphatic heterocycles. The number of nitrogens with one attached hydrogen (secondary N) is 1. The molecule has 7 heteroatoms. The zero-order valence-electron chi connectivity index (χ0n) is 15.7. The summed E-state index contributed by atoms with van der Waals surface area (Å²) in [5.41, 5.74) is 4.83. The van der Waals surface area contributed by atoms with Gasteiger partial charge in [0.1, 0.15) is 5.54 Å². The fourth-order valence-corrected chi connectivity index (χ4v) is 4.29. The van der Waals surface area contributed by atoms with E-state index in [9.17, 15) is 9.59 Å². The molecule has 2 fully saturated rings. The van der Waals surface area contributed by atoms with Crippen LogP contribution in [0, 0.1) is 5.92 Å². The van der Waals surface area contributed by atoms with Crippen LogP contribution in [0.5, 0.6) is 0 Å². The first-order valence-electron chi connectivity index (χ1n) is 9.50. The number of amides is 2. The van der Waals surface area contributed by atoms with Crippen molar-refractivity contribution in [2.75, 3.05) is 6.54 Å². The Bertz CT molecular complexity index is 523. The molecule has 0 bridgehead atoms. The number of thiocarbonyl (C=S) groups is 1. The van der Waals surface area contributed by atoms with Gasteiger partial charge >= 0.3 is 0 Å². The third-order valence-electron chi connectivity index (χ3n) is 5.43. The molecule has 142 valence electrons. The van der Waals surface area contributed by atoms with E-state index in [0.29, 0.717) is 11.7 Å². The minimum absolute atomic E-state index is 0.0988. The molecular weight excluding hydrogens is 336 g/mol. The predicted octanol–water partition coefficient (Wildman–Crippen LogP) is 2.32. The molecule has 2 unspecified atom stereocenters. The Hall–Kier alpha value is -1.21. The van der Waals surface area contributed by atoms with Crippen LogP contribution in [0.4, 0.5) is 0 Å². The van der Waals surface area contributed by atoms with Crippen molar-refractivity contribution in [3.63, 3.8) is 0 Å². The van der Waals surface area contributed by atoms with Crippen LogP contribution in [-0.4, -0.2) is 45.1 Å². The fraction of sp³-hybridized carbons (Fsp3) is 0.833. The van der Waals surface area contributed by atoms with Gasteiger partial charge in [0.2, 0.25) is 5.91 Å². The zero-order chi connectivity index (χ0) is 18.6. The van der Waals surface area contributed by atoms with Crippen LogP contribution in [-0.2, 0) is 9.59 Å². The fourth-order valence-electron chi connectivity index (χ4n) is 3.87. The van der Waals surface area contributed by atoms with E-state index in [0.717, 1.165) is 19.3 Å². The average molecular weight is 369 g/mol. The Morgan fingerprint density at radius 2 is 1.92 bits per heavy atom. The van der Waals surface area contributed by atoms with E-state index in [1.807, 2.05) is 18.9 Å². The van der Waals surface area contributed by atoms with Crippen molar-refractivity contribution >= 4 is 29.1 Å². The van der Waals surface area contributed by atoms with Crippen LogP contribution in [0.2, 0.25) is 0 Å². The highest BCUT2D eigenvalue weighted by Crippen LogP contribution is 2.34. The Labute approximate surface area is 156 Å². The molecule has 0 aromatic rings.